The number of hydrogen-bond acceptors (Lipinski definition) is 4. The fourth-order valence-corrected chi connectivity index (χ4v) is 3.41. The highest BCUT2D eigenvalue weighted by atomic mass is 32.2. The average molecular weight is 317 g/mol. The van der Waals surface area contributed by atoms with E-state index in [1.165, 1.54) is 0 Å². The molecule has 1 aliphatic heterocycles. The van der Waals surface area contributed by atoms with Crippen LogP contribution in [0.1, 0.15) is 25.8 Å². The number of thioether (sulfide) groups is 1. The molecule has 1 atom stereocenters. The molecule has 0 bridgehead atoms. The molecule has 1 unspecified atom stereocenters. The number of anilines is 1. The van der Waals surface area contributed by atoms with E-state index in [0.717, 1.165) is 0 Å². The van der Waals surface area contributed by atoms with Crippen LogP contribution < -0.4 is 5.32 Å². The van der Waals surface area contributed by atoms with Crippen molar-refractivity contribution in [1.82, 2.24) is 4.90 Å². The van der Waals surface area contributed by atoms with E-state index in [9.17, 15) is 9.59 Å². The molecule has 0 aromatic heterocycles. The smallest absolute Gasteiger partial charge is 0.248 e. The fraction of sp³-hybridized carbons (Fsp3) is 0.438. The lowest BCUT2D eigenvalue weighted by Crippen LogP contribution is -2.44. The minimum atomic E-state index is -0.424. The zero-order chi connectivity index (χ0) is 16.1. The van der Waals surface area contributed by atoms with E-state index >= 15 is 0 Å². The van der Waals surface area contributed by atoms with Gasteiger partial charge in [-0.15, -0.1) is 11.8 Å². The summed E-state index contributed by atoms with van der Waals surface area (Å²) < 4.78 is 0. The summed E-state index contributed by atoms with van der Waals surface area (Å²) >= 11 is 1.59. The predicted molar refractivity (Wildman–Crippen MR) is 87.2 cm³/mol. The Morgan fingerprint density at radius 2 is 2.09 bits per heavy atom. The number of rotatable bonds is 4. The van der Waals surface area contributed by atoms with Crippen molar-refractivity contribution >= 4 is 29.3 Å². The molecule has 0 radical (unpaired) electrons. The van der Waals surface area contributed by atoms with Crippen molar-refractivity contribution in [2.24, 2.45) is 5.92 Å². The molecule has 5 nitrogen and oxygen atoms in total. The van der Waals surface area contributed by atoms with E-state index in [2.05, 4.69) is 5.32 Å². The molecule has 1 aliphatic rings. The molecule has 0 spiro atoms. The standard InChI is InChI=1S/C16H19N3O2S/c1-11(2)7-15(20)19-10-22-9-14(19)16(21)18-13-5-3-12(8-17)4-6-13/h3-6,11,14H,7,9-10H2,1-2H3,(H,18,21). The van der Waals surface area contributed by atoms with Crippen LogP contribution in [0.5, 0.6) is 0 Å². The van der Waals surface area contributed by atoms with Gasteiger partial charge in [0, 0.05) is 17.9 Å². The van der Waals surface area contributed by atoms with Crippen molar-refractivity contribution in [3.8, 4) is 6.07 Å². The Bertz CT molecular complexity index is 592. The maximum Gasteiger partial charge on any atom is 0.248 e. The largest absolute Gasteiger partial charge is 0.324 e. The monoisotopic (exact) mass is 317 g/mol. The van der Waals surface area contributed by atoms with Crippen molar-refractivity contribution < 1.29 is 9.59 Å². The van der Waals surface area contributed by atoms with Gasteiger partial charge in [-0.1, -0.05) is 13.8 Å². The second-order valence-corrected chi connectivity index (χ2v) is 6.66. The Hall–Kier alpha value is -2.00. The Morgan fingerprint density at radius 1 is 1.41 bits per heavy atom. The molecular weight excluding hydrogens is 298 g/mol. The van der Waals surface area contributed by atoms with Gasteiger partial charge in [-0.3, -0.25) is 9.59 Å². The Kier molecular flexibility index (Phi) is 5.45. The highest BCUT2D eigenvalue weighted by molar-refractivity contribution is 7.99. The van der Waals surface area contributed by atoms with Crippen molar-refractivity contribution in [1.29, 1.82) is 5.26 Å². The summed E-state index contributed by atoms with van der Waals surface area (Å²) in [5.41, 5.74) is 1.18. The predicted octanol–water partition coefficient (Wildman–Crippen LogP) is 2.44. The number of carbonyl (C=O) groups is 2. The van der Waals surface area contributed by atoms with Gasteiger partial charge in [0.05, 0.1) is 17.5 Å². The summed E-state index contributed by atoms with van der Waals surface area (Å²) in [6.45, 7) is 3.99. The number of benzene rings is 1. The van der Waals surface area contributed by atoms with Gasteiger partial charge in [0.15, 0.2) is 0 Å². The molecule has 22 heavy (non-hydrogen) atoms. The van der Waals surface area contributed by atoms with Gasteiger partial charge in [-0.2, -0.15) is 5.26 Å². The zero-order valence-electron chi connectivity index (χ0n) is 12.7. The molecule has 6 heteroatoms. The molecular formula is C16H19N3O2S. The van der Waals surface area contributed by atoms with Crippen LogP contribution in [0.25, 0.3) is 0 Å². The lowest BCUT2D eigenvalue weighted by molar-refractivity contribution is -0.136. The highest BCUT2D eigenvalue weighted by Gasteiger charge is 2.34. The van der Waals surface area contributed by atoms with Crippen molar-refractivity contribution in [2.75, 3.05) is 16.9 Å². The third-order valence-electron chi connectivity index (χ3n) is 3.37. The molecule has 1 aromatic carbocycles. The third-order valence-corrected chi connectivity index (χ3v) is 4.38. The Morgan fingerprint density at radius 3 is 2.68 bits per heavy atom. The molecule has 0 aliphatic carbocycles. The average Bonchev–Trinajstić information content (AvgIpc) is 2.97. The van der Waals surface area contributed by atoms with E-state index in [0.29, 0.717) is 29.3 Å². The highest BCUT2D eigenvalue weighted by Crippen LogP contribution is 2.24. The van der Waals surface area contributed by atoms with Crippen molar-refractivity contribution in [3.05, 3.63) is 29.8 Å². The van der Waals surface area contributed by atoms with Crippen molar-refractivity contribution in [2.45, 2.75) is 26.3 Å². The van der Waals surface area contributed by atoms with E-state index in [1.54, 1.807) is 40.9 Å². The topological polar surface area (TPSA) is 73.2 Å². The van der Waals surface area contributed by atoms with Crippen molar-refractivity contribution in [3.63, 3.8) is 0 Å². The molecule has 1 saturated heterocycles. The first-order valence-electron chi connectivity index (χ1n) is 7.19. The second kappa shape index (κ2) is 7.32. The van der Waals surface area contributed by atoms with Gasteiger partial charge < -0.3 is 10.2 Å². The Labute approximate surface area is 134 Å². The molecule has 1 aromatic rings. The number of hydrogen-bond donors (Lipinski definition) is 1. The van der Waals surface area contributed by atoms with E-state index in [4.69, 9.17) is 5.26 Å². The SMILES string of the molecule is CC(C)CC(=O)N1CSCC1C(=O)Nc1ccc(C#N)cc1. The first kappa shape index (κ1) is 16.4. The second-order valence-electron chi connectivity index (χ2n) is 5.66. The maximum absolute atomic E-state index is 12.4. The summed E-state index contributed by atoms with van der Waals surface area (Å²) in [7, 11) is 0. The molecule has 2 amide bonds. The normalized spacial score (nSPS) is 17.4. The summed E-state index contributed by atoms with van der Waals surface area (Å²) in [5, 5.41) is 11.6. The number of nitrogens with one attached hydrogen (secondary N) is 1. The molecule has 2 rings (SSSR count). The number of carbonyl (C=O) groups excluding carboxylic acids is 2. The van der Waals surface area contributed by atoms with Crippen LogP contribution in [0.4, 0.5) is 5.69 Å². The lowest BCUT2D eigenvalue weighted by atomic mass is 10.1. The number of nitriles is 1. The number of amides is 2. The Balaban J connectivity index is 2.01. The minimum Gasteiger partial charge on any atom is -0.324 e. The van der Waals surface area contributed by atoms with Gasteiger partial charge in [-0.05, 0) is 30.2 Å². The first-order valence-corrected chi connectivity index (χ1v) is 8.35. The van der Waals surface area contributed by atoms with Crippen LogP contribution in [-0.4, -0.2) is 34.4 Å². The molecule has 116 valence electrons. The molecule has 1 heterocycles. The van der Waals surface area contributed by atoms with E-state index < -0.39 is 6.04 Å². The maximum atomic E-state index is 12.4. The lowest BCUT2D eigenvalue weighted by Gasteiger charge is -2.23. The van der Waals surface area contributed by atoms with Gasteiger partial charge in [0.25, 0.3) is 0 Å². The molecule has 0 saturated carbocycles. The summed E-state index contributed by atoms with van der Waals surface area (Å²) in [6.07, 6.45) is 0.460. The van der Waals surface area contributed by atoms with Gasteiger partial charge in [-0.25, -0.2) is 0 Å². The van der Waals surface area contributed by atoms with E-state index in [-0.39, 0.29) is 17.7 Å². The fourth-order valence-electron chi connectivity index (χ4n) is 2.23. The van der Waals surface area contributed by atoms with Gasteiger partial charge in [0.1, 0.15) is 6.04 Å². The van der Waals surface area contributed by atoms with Gasteiger partial charge in [0.2, 0.25) is 11.8 Å². The minimum absolute atomic E-state index is 0.0278. The first-order chi connectivity index (χ1) is 10.5. The molecule has 1 fully saturated rings. The van der Waals surface area contributed by atoms with Crippen LogP contribution >= 0.6 is 11.8 Å². The quantitative estimate of drug-likeness (QED) is 0.925. The summed E-state index contributed by atoms with van der Waals surface area (Å²) in [4.78, 5) is 26.2. The zero-order valence-corrected chi connectivity index (χ0v) is 13.5. The van der Waals surface area contributed by atoms with E-state index in [1.807, 2.05) is 19.9 Å². The third kappa shape index (κ3) is 4.01. The van der Waals surface area contributed by atoms with Crippen LogP contribution in [0.2, 0.25) is 0 Å². The summed E-state index contributed by atoms with van der Waals surface area (Å²) in [5.74, 6) is 1.32. The van der Waals surface area contributed by atoms with Crippen LogP contribution in [-0.2, 0) is 9.59 Å². The van der Waals surface area contributed by atoms with Gasteiger partial charge >= 0.3 is 0 Å². The van der Waals surface area contributed by atoms with Crippen LogP contribution in [0, 0.1) is 17.2 Å². The molecule has 1 N–H and O–H groups in total. The van der Waals surface area contributed by atoms with Crippen LogP contribution in [0.3, 0.4) is 0 Å². The number of nitrogens with zero attached hydrogens (tertiary/aromatic N) is 2. The summed E-state index contributed by atoms with van der Waals surface area (Å²) in [6, 6.07) is 8.30. The van der Waals surface area contributed by atoms with Crippen LogP contribution in [0.15, 0.2) is 24.3 Å².